The van der Waals surface area contributed by atoms with Gasteiger partial charge >= 0.3 is 0 Å². The zero-order chi connectivity index (χ0) is 16.9. The Balaban J connectivity index is 1.94. The van der Waals surface area contributed by atoms with Crippen molar-refractivity contribution < 1.29 is 9.63 Å². The van der Waals surface area contributed by atoms with E-state index in [1.807, 2.05) is 27.7 Å². The number of nitrogens with zero attached hydrogens (tertiary/aromatic N) is 3. The Bertz CT molecular complexity index is 513. The molecule has 1 saturated carbocycles. The minimum atomic E-state index is -0.152. The van der Waals surface area contributed by atoms with Crippen LogP contribution in [0.15, 0.2) is 9.52 Å². The van der Waals surface area contributed by atoms with Crippen LogP contribution in [0.25, 0.3) is 0 Å². The van der Waals surface area contributed by atoms with Gasteiger partial charge < -0.3 is 20.3 Å². The lowest BCUT2D eigenvalue weighted by atomic mass is 9.93. The van der Waals surface area contributed by atoms with E-state index in [9.17, 15) is 5.11 Å². The van der Waals surface area contributed by atoms with Gasteiger partial charge in [-0.05, 0) is 32.6 Å². The predicted molar refractivity (Wildman–Crippen MR) is 89.2 cm³/mol. The molecular weight excluding hydrogens is 294 g/mol. The molecule has 1 aliphatic carbocycles. The molecule has 0 aromatic carbocycles. The van der Waals surface area contributed by atoms with Crippen LogP contribution in [0.1, 0.15) is 65.1 Å². The maximum absolute atomic E-state index is 9.58. The summed E-state index contributed by atoms with van der Waals surface area (Å²) in [6.45, 7) is 9.32. The van der Waals surface area contributed by atoms with Crippen LogP contribution in [0.3, 0.4) is 0 Å². The minimum absolute atomic E-state index is 0.150. The Kier molecular flexibility index (Phi) is 5.98. The van der Waals surface area contributed by atoms with Crippen molar-refractivity contribution in [2.75, 3.05) is 6.54 Å². The molecule has 0 bridgehead atoms. The Labute approximate surface area is 138 Å². The van der Waals surface area contributed by atoms with E-state index in [2.05, 4.69) is 25.8 Å². The summed E-state index contributed by atoms with van der Waals surface area (Å²) < 4.78 is 5.28. The molecule has 2 rings (SSSR count). The van der Waals surface area contributed by atoms with Gasteiger partial charge in [0.15, 0.2) is 11.8 Å². The van der Waals surface area contributed by atoms with Gasteiger partial charge in [-0.2, -0.15) is 4.98 Å². The third-order valence-electron chi connectivity index (χ3n) is 3.87. The molecule has 1 heterocycles. The Morgan fingerprint density at radius 3 is 2.57 bits per heavy atom. The van der Waals surface area contributed by atoms with Gasteiger partial charge in [0, 0.05) is 18.0 Å². The standard InChI is InChI=1S/C16H29N5O2/c1-5-17-15(19-11-6-8-12(22)9-7-11)18-10-13-20-14(23-21-13)16(2,3)4/h11-12,22H,5-10H2,1-4H3,(H2,17,18,19). The van der Waals surface area contributed by atoms with Crippen molar-refractivity contribution in [3.05, 3.63) is 11.7 Å². The summed E-state index contributed by atoms with van der Waals surface area (Å²) in [6.07, 6.45) is 3.46. The van der Waals surface area contributed by atoms with Crippen LogP contribution in [0, 0.1) is 0 Å². The van der Waals surface area contributed by atoms with E-state index < -0.39 is 0 Å². The van der Waals surface area contributed by atoms with Gasteiger partial charge in [-0.25, -0.2) is 4.99 Å². The van der Waals surface area contributed by atoms with E-state index in [-0.39, 0.29) is 11.5 Å². The van der Waals surface area contributed by atoms with Crippen LogP contribution in [-0.4, -0.2) is 39.9 Å². The number of hydrogen-bond acceptors (Lipinski definition) is 5. The van der Waals surface area contributed by atoms with E-state index >= 15 is 0 Å². The number of aliphatic hydroxyl groups excluding tert-OH is 1. The lowest BCUT2D eigenvalue weighted by Crippen LogP contribution is -2.45. The van der Waals surface area contributed by atoms with Crippen molar-refractivity contribution in [2.24, 2.45) is 4.99 Å². The molecule has 130 valence electrons. The van der Waals surface area contributed by atoms with Gasteiger partial charge in [0.05, 0.1) is 6.10 Å². The fraction of sp³-hybridized carbons (Fsp3) is 0.812. The third-order valence-corrected chi connectivity index (χ3v) is 3.87. The zero-order valence-corrected chi connectivity index (χ0v) is 14.6. The van der Waals surface area contributed by atoms with Gasteiger partial charge in [0.1, 0.15) is 6.54 Å². The highest BCUT2D eigenvalue weighted by Crippen LogP contribution is 2.20. The second kappa shape index (κ2) is 7.77. The molecule has 1 aliphatic rings. The SMILES string of the molecule is CCNC(=NCc1noc(C(C)(C)C)n1)NC1CCC(O)CC1. The van der Waals surface area contributed by atoms with E-state index in [4.69, 9.17) is 4.52 Å². The molecule has 1 fully saturated rings. The van der Waals surface area contributed by atoms with E-state index in [1.54, 1.807) is 0 Å². The molecule has 23 heavy (non-hydrogen) atoms. The summed E-state index contributed by atoms with van der Waals surface area (Å²) in [7, 11) is 0. The number of aromatic nitrogens is 2. The molecule has 1 aromatic heterocycles. The number of rotatable bonds is 4. The summed E-state index contributed by atoms with van der Waals surface area (Å²) in [4.78, 5) is 8.94. The Hall–Kier alpha value is -1.63. The van der Waals surface area contributed by atoms with Crippen molar-refractivity contribution in [3.8, 4) is 0 Å². The molecule has 7 nitrogen and oxygen atoms in total. The monoisotopic (exact) mass is 323 g/mol. The summed E-state index contributed by atoms with van der Waals surface area (Å²) in [5.41, 5.74) is -0.152. The first kappa shape index (κ1) is 17.7. The number of aliphatic hydroxyl groups is 1. The first-order chi connectivity index (χ1) is 10.9. The molecular formula is C16H29N5O2. The zero-order valence-electron chi connectivity index (χ0n) is 14.6. The van der Waals surface area contributed by atoms with Crippen LogP contribution in [0.4, 0.5) is 0 Å². The number of nitrogens with one attached hydrogen (secondary N) is 2. The molecule has 1 aromatic rings. The van der Waals surface area contributed by atoms with Crippen molar-refractivity contribution in [2.45, 2.75) is 77.5 Å². The van der Waals surface area contributed by atoms with Gasteiger partial charge in [-0.15, -0.1) is 0 Å². The highest BCUT2D eigenvalue weighted by atomic mass is 16.5. The topological polar surface area (TPSA) is 95.6 Å². The van der Waals surface area contributed by atoms with Crippen LogP contribution in [0.2, 0.25) is 0 Å². The minimum Gasteiger partial charge on any atom is -0.393 e. The van der Waals surface area contributed by atoms with E-state index in [1.165, 1.54) is 0 Å². The molecule has 0 saturated heterocycles. The summed E-state index contributed by atoms with van der Waals surface area (Å²) in [5, 5.41) is 20.2. The summed E-state index contributed by atoms with van der Waals surface area (Å²) in [6, 6.07) is 0.353. The van der Waals surface area contributed by atoms with Gasteiger partial charge in [-0.1, -0.05) is 25.9 Å². The van der Waals surface area contributed by atoms with Crippen LogP contribution in [-0.2, 0) is 12.0 Å². The van der Waals surface area contributed by atoms with Gasteiger partial charge in [-0.3, -0.25) is 0 Å². The first-order valence-electron chi connectivity index (χ1n) is 8.44. The van der Waals surface area contributed by atoms with E-state index in [0.717, 1.165) is 38.2 Å². The van der Waals surface area contributed by atoms with Crippen molar-refractivity contribution in [1.82, 2.24) is 20.8 Å². The summed E-state index contributed by atoms with van der Waals surface area (Å²) >= 11 is 0. The second-order valence-corrected chi connectivity index (χ2v) is 7.11. The van der Waals surface area contributed by atoms with Gasteiger partial charge in [0.25, 0.3) is 0 Å². The predicted octanol–water partition coefficient (Wildman–Crippen LogP) is 1.73. The first-order valence-corrected chi connectivity index (χ1v) is 8.44. The van der Waals surface area contributed by atoms with Crippen LogP contribution in [0.5, 0.6) is 0 Å². The lowest BCUT2D eigenvalue weighted by Gasteiger charge is -2.27. The quantitative estimate of drug-likeness (QED) is 0.577. The number of hydrogen-bond donors (Lipinski definition) is 3. The van der Waals surface area contributed by atoms with Crippen molar-refractivity contribution >= 4 is 5.96 Å². The fourth-order valence-electron chi connectivity index (χ4n) is 2.51. The molecule has 0 radical (unpaired) electrons. The highest BCUT2D eigenvalue weighted by molar-refractivity contribution is 5.80. The molecule has 3 N–H and O–H groups in total. The maximum Gasteiger partial charge on any atom is 0.232 e. The number of aliphatic imine (C=N–C) groups is 1. The molecule has 0 unspecified atom stereocenters. The normalized spacial score (nSPS) is 22.9. The second-order valence-electron chi connectivity index (χ2n) is 7.11. The third kappa shape index (κ3) is 5.49. The molecule has 0 spiro atoms. The highest BCUT2D eigenvalue weighted by Gasteiger charge is 2.22. The maximum atomic E-state index is 9.58. The molecule has 0 amide bonds. The lowest BCUT2D eigenvalue weighted by molar-refractivity contribution is 0.120. The summed E-state index contributed by atoms with van der Waals surface area (Å²) in [5.74, 6) is 1.98. The molecule has 0 atom stereocenters. The van der Waals surface area contributed by atoms with Crippen molar-refractivity contribution in [3.63, 3.8) is 0 Å². The molecule has 7 heteroatoms. The Morgan fingerprint density at radius 1 is 1.30 bits per heavy atom. The van der Waals surface area contributed by atoms with Crippen molar-refractivity contribution in [1.29, 1.82) is 0 Å². The van der Waals surface area contributed by atoms with Crippen LogP contribution < -0.4 is 10.6 Å². The molecule has 0 aliphatic heterocycles. The fourth-order valence-corrected chi connectivity index (χ4v) is 2.51. The number of guanidine groups is 1. The van der Waals surface area contributed by atoms with Crippen LogP contribution >= 0.6 is 0 Å². The Morgan fingerprint density at radius 2 is 2.00 bits per heavy atom. The van der Waals surface area contributed by atoms with E-state index in [0.29, 0.717) is 24.3 Å². The largest absolute Gasteiger partial charge is 0.393 e. The van der Waals surface area contributed by atoms with Gasteiger partial charge in [0.2, 0.25) is 5.89 Å². The average molecular weight is 323 g/mol. The smallest absolute Gasteiger partial charge is 0.232 e. The average Bonchev–Trinajstić information content (AvgIpc) is 2.96.